The van der Waals surface area contributed by atoms with E-state index in [-0.39, 0.29) is 0 Å². The maximum atomic E-state index is 5.14. The quantitative estimate of drug-likeness (QED) is 0.145. The van der Waals surface area contributed by atoms with E-state index in [2.05, 4.69) is 232 Å². The number of benzene rings is 9. The van der Waals surface area contributed by atoms with Gasteiger partial charge in [-0.3, -0.25) is 0 Å². The van der Waals surface area contributed by atoms with Crippen molar-refractivity contribution in [3.8, 4) is 17.1 Å². The fraction of sp³-hybridized carbons (Fsp3) is 0.0500. The van der Waals surface area contributed by atoms with Crippen molar-refractivity contribution in [1.29, 1.82) is 0 Å². The highest BCUT2D eigenvalue weighted by molar-refractivity contribution is 6.11. The zero-order valence-electron chi connectivity index (χ0n) is 36.1. The molecule has 6 heteroatoms. The van der Waals surface area contributed by atoms with Crippen LogP contribution in [0.2, 0.25) is 0 Å². The minimum Gasteiger partial charge on any atom is -0.309 e. The Hall–Kier alpha value is -8.61. The number of aromatic nitrogens is 6. The Labute approximate surface area is 381 Å². The van der Waals surface area contributed by atoms with Gasteiger partial charge in [-0.1, -0.05) is 146 Å². The number of hydrogen-bond donors (Lipinski definition) is 0. The summed E-state index contributed by atoms with van der Waals surface area (Å²) in [5.41, 5.74) is 14.0. The molecule has 0 bridgehead atoms. The summed E-state index contributed by atoms with van der Waals surface area (Å²) in [6, 6.07) is 78.4. The molecule has 13 aromatic rings. The van der Waals surface area contributed by atoms with E-state index in [4.69, 9.17) is 15.0 Å². The molecule has 9 aromatic carbocycles. The van der Waals surface area contributed by atoms with Crippen molar-refractivity contribution in [2.75, 3.05) is 0 Å². The molecule has 0 atom stereocenters. The molecule has 4 heterocycles. The van der Waals surface area contributed by atoms with Crippen molar-refractivity contribution in [3.63, 3.8) is 0 Å². The molecule has 6 nitrogen and oxygen atoms in total. The first-order valence-corrected chi connectivity index (χ1v) is 22.7. The third-order valence-corrected chi connectivity index (χ3v) is 13.2. The van der Waals surface area contributed by atoms with Crippen LogP contribution < -0.4 is 0 Å². The van der Waals surface area contributed by atoms with E-state index in [0.717, 1.165) is 51.2 Å². The average molecular weight is 847 g/mol. The lowest BCUT2D eigenvalue weighted by atomic mass is 10.1. The van der Waals surface area contributed by atoms with Gasteiger partial charge in [0.05, 0.1) is 33.1 Å². The summed E-state index contributed by atoms with van der Waals surface area (Å²) in [5, 5.41) is 7.53. The predicted molar refractivity (Wildman–Crippen MR) is 271 cm³/mol. The van der Waals surface area contributed by atoms with Gasteiger partial charge in [-0.2, -0.15) is 0 Å². The van der Waals surface area contributed by atoms with Crippen molar-refractivity contribution in [1.82, 2.24) is 28.7 Å². The highest BCUT2D eigenvalue weighted by atomic mass is 15.0. The zero-order chi connectivity index (χ0) is 43.6. The summed E-state index contributed by atoms with van der Waals surface area (Å²) in [6.07, 6.45) is 1.78. The van der Waals surface area contributed by atoms with E-state index in [1.165, 1.54) is 65.4 Å². The minimum absolute atomic E-state index is 0.593. The van der Waals surface area contributed by atoms with Crippen LogP contribution in [0.4, 0.5) is 0 Å². The number of para-hydroxylation sites is 6. The second-order valence-corrected chi connectivity index (χ2v) is 17.2. The molecular weight excluding hydrogens is 805 g/mol. The standard InChI is InChI=1S/C60H42N6/c1-7-19-52-46(13-1)47-14-2-8-20-53(47)64(52)43-31-25-40(26-32-43)37-58-61-59(38-41-27-33-44(34-28-41)65-54-21-9-3-15-48(54)49-16-4-10-22-55(49)65)63-60(62-58)39-42-29-35-45(36-30-42)66-56-23-11-5-17-50(56)51-18-6-12-24-57(51)66/h1-36H,37-39H2. The van der Waals surface area contributed by atoms with Crippen molar-refractivity contribution >= 4 is 65.4 Å². The molecule has 0 unspecified atom stereocenters. The Bertz CT molecular complexity index is 3360. The van der Waals surface area contributed by atoms with Crippen LogP contribution in [0.5, 0.6) is 0 Å². The number of nitrogens with zero attached hydrogens (tertiary/aromatic N) is 6. The van der Waals surface area contributed by atoms with Gasteiger partial charge < -0.3 is 13.7 Å². The van der Waals surface area contributed by atoms with Crippen LogP contribution in [-0.4, -0.2) is 28.7 Å². The van der Waals surface area contributed by atoms with Gasteiger partial charge in [-0.25, -0.2) is 15.0 Å². The second-order valence-electron chi connectivity index (χ2n) is 17.2. The molecule has 0 saturated heterocycles. The maximum Gasteiger partial charge on any atom is 0.137 e. The number of rotatable bonds is 9. The summed E-state index contributed by atoms with van der Waals surface area (Å²) < 4.78 is 7.06. The van der Waals surface area contributed by atoms with Gasteiger partial charge in [0.1, 0.15) is 17.5 Å². The van der Waals surface area contributed by atoms with Crippen LogP contribution in [0.25, 0.3) is 82.5 Å². The lowest BCUT2D eigenvalue weighted by Crippen LogP contribution is -2.10. The van der Waals surface area contributed by atoms with Gasteiger partial charge >= 0.3 is 0 Å². The van der Waals surface area contributed by atoms with Crippen LogP contribution in [-0.2, 0) is 19.3 Å². The van der Waals surface area contributed by atoms with Crippen molar-refractivity contribution in [3.05, 3.63) is 253 Å². The topological polar surface area (TPSA) is 53.5 Å². The molecule has 0 fully saturated rings. The van der Waals surface area contributed by atoms with Crippen LogP contribution in [0.15, 0.2) is 218 Å². The van der Waals surface area contributed by atoms with E-state index in [1.807, 2.05) is 0 Å². The molecule has 0 spiro atoms. The van der Waals surface area contributed by atoms with Gasteiger partial charge in [0, 0.05) is 68.6 Å². The second kappa shape index (κ2) is 15.6. The van der Waals surface area contributed by atoms with E-state index in [9.17, 15) is 0 Å². The molecule has 0 aliphatic rings. The van der Waals surface area contributed by atoms with E-state index in [0.29, 0.717) is 19.3 Å². The zero-order valence-corrected chi connectivity index (χ0v) is 36.1. The molecule has 312 valence electrons. The summed E-state index contributed by atoms with van der Waals surface area (Å²) in [6.45, 7) is 0. The van der Waals surface area contributed by atoms with Crippen LogP contribution in [0, 0.1) is 0 Å². The van der Waals surface area contributed by atoms with Crippen molar-refractivity contribution in [2.45, 2.75) is 19.3 Å². The molecule has 0 amide bonds. The first-order chi connectivity index (χ1) is 32.7. The van der Waals surface area contributed by atoms with Crippen LogP contribution in [0.1, 0.15) is 34.2 Å². The predicted octanol–water partition coefficient (Wildman–Crippen LogP) is 13.9. The van der Waals surface area contributed by atoms with E-state index in [1.54, 1.807) is 0 Å². The normalized spacial score (nSPS) is 11.8. The van der Waals surface area contributed by atoms with E-state index >= 15 is 0 Å². The Kier molecular flexibility index (Phi) is 8.94. The van der Waals surface area contributed by atoms with Crippen LogP contribution >= 0.6 is 0 Å². The lowest BCUT2D eigenvalue weighted by Gasteiger charge is -2.12. The molecule has 0 aliphatic heterocycles. The molecule has 66 heavy (non-hydrogen) atoms. The van der Waals surface area contributed by atoms with Crippen LogP contribution in [0.3, 0.4) is 0 Å². The SMILES string of the molecule is c1ccc2c(c1)c1ccccc1n2-c1ccc(Cc2nc(Cc3ccc(-n4c5ccccc5c5ccccc54)cc3)nc(Cc3ccc(-n4c5ccccc5c5ccccc54)cc3)n2)cc1. The van der Waals surface area contributed by atoms with Gasteiger partial charge in [-0.05, 0) is 89.5 Å². The third kappa shape index (κ3) is 6.45. The molecule has 0 radical (unpaired) electrons. The molecule has 0 aliphatic carbocycles. The largest absolute Gasteiger partial charge is 0.309 e. The summed E-state index contributed by atoms with van der Waals surface area (Å²) in [5.74, 6) is 2.30. The average Bonchev–Trinajstić information content (AvgIpc) is 4.01. The fourth-order valence-electron chi connectivity index (χ4n) is 10.2. The van der Waals surface area contributed by atoms with Crippen molar-refractivity contribution in [2.24, 2.45) is 0 Å². The van der Waals surface area contributed by atoms with Gasteiger partial charge in [0.2, 0.25) is 0 Å². The Morgan fingerprint density at radius 1 is 0.227 bits per heavy atom. The Balaban J connectivity index is 0.835. The minimum atomic E-state index is 0.593. The maximum absolute atomic E-state index is 5.14. The monoisotopic (exact) mass is 846 g/mol. The lowest BCUT2D eigenvalue weighted by molar-refractivity contribution is 0.796. The van der Waals surface area contributed by atoms with Gasteiger partial charge in [0.15, 0.2) is 0 Å². The van der Waals surface area contributed by atoms with E-state index < -0.39 is 0 Å². The Morgan fingerprint density at radius 2 is 0.424 bits per heavy atom. The molecule has 4 aromatic heterocycles. The highest BCUT2D eigenvalue weighted by Gasteiger charge is 2.16. The summed E-state index contributed by atoms with van der Waals surface area (Å²) in [4.78, 5) is 15.4. The summed E-state index contributed by atoms with van der Waals surface area (Å²) >= 11 is 0. The fourth-order valence-corrected chi connectivity index (χ4v) is 10.2. The summed E-state index contributed by atoms with van der Waals surface area (Å²) in [7, 11) is 0. The first kappa shape index (κ1) is 37.9. The van der Waals surface area contributed by atoms with Crippen molar-refractivity contribution < 1.29 is 0 Å². The molecule has 13 rings (SSSR count). The van der Waals surface area contributed by atoms with Gasteiger partial charge in [0.25, 0.3) is 0 Å². The molecule has 0 saturated carbocycles. The number of hydrogen-bond acceptors (Lipinski definition) is 3. The molecular formula is C60H42N6. The highest BCUT2D eigenvalue weighted by Crippen LogP contribution is 2.35. The van der Waals surface area contributed by atoms with Gasteiger partial charge in [-0.15, -0.1) is 0 Å². The smallest absolute Gasteiger partial charge is 0.137 e. The molecule has 0 N–H and O–H groups in total. The first-order valence-electron chi connectivity index (χ1n) is 22.7. The third-order valence-electron chi connectivity index (χ3n) is 13.2. The number of fused-ring (bicyclic) bond motifs is 9. The Morgan fingerprint density at radius 3 is 0.636 bits per heavy atom.